The Hall–Kier alpha value is -4.54. The van der Waals surface area contributed by atoms with Crippen LogP contribution in [-0.2, 0) is 13.6 Å². The molecule has 0 radical (unpaired) electrons. The molecule has 2 aromatic carbocycles. The van der Waals surface area contributed by atoms with Gasteiger partial charge in [0.25, 0.3) is 5.91 Å². The number of hydrogen-bond acceptors (Lipinski definition) is 7. The number of nitrogens with one attached hydrogen (secondary N) is 1. The number of imidazole rings is 1. The predicted molar refractivity (Wildman–Crippen MR) is 163 cm³/mol. The molecule has 1 unspecified atom stereocenters. The number of hydrogen-bond donors (Lipinski definition) is 3. The van der Waals surface area contributed by atoms with Crippen LogP contribution in [0.25, 0.3) is 28.2 Å². The standard InChI is InChI=1S/C32H37N7O3/c1-6-27(41)26-18-28(34-19-22-8-7-9-24(16-22)30-33-12-13-37(30)4)39-31(35-26)29(21(3)36-39)23-11-10-20(2)25(17-23)32(42)38(5)14-15-40/h7-13,16-18,27,34,40-41H,6,14-15,19H2,1-5H3. The Morgan fingerprint density at radius 2 is 1.93 bits per heavy atom. The zero-order valence-corrected chi connectivity index (χ0v) is 24.7. The van der Waals surface area contributed by atoms with E-state index in [0.29, 0.717) is 35.7 Å². The number of rotatable bonds is 10. The molecule has 10 heteroatoms. The number of amides is 1. The van der Waals surface area contributed by atoms with Crippen LogP contribution in [0.15, 0.2) is 60.9 Å². The first-order chi connectivity index (χ1) is 20.2. The van der Waals surface area contributed by atoms with E-state index in [0.717, 1.165) is 39.3 Å². The molecule has 218 valence electrons. The van der Waals surface area contributed by atoms with Crippen LogP contribution < -0.4 is 5.32 Å². The lowest BCUT2D eigenvalue weighted by molar-refractivity contribution is 0.0766. The summed E-state index contributed by atoms with van der Waals surface area (Å²) in [7, 11) is 3.65. The Bertz CT molecular complexity index is 1740. The average Bonchev–Trinajstić information content (AvgIpc) is 3.57. The summed E-state index contributed by atoms with van der Waals surface area (Å²) in [5.74, 6) is 1.43. The molecule has 3 aromatic heterocycles. The molecule has 1 amide bonds. The third-order valence-electron chi connectivity index (χ3n) is 7.53. The molecule has 3 N–H and O–H groups in total. The first-order valence-electron chi connectivity index (χ1n) is 14.1. The van der Waals surface area contributed by atoms with E-state index >= 15 is 0 Å². The van der Waals surface area contributed by atoms with Crippen molar-refractivity contribution in [3.8, 4) is 22.5 Å². The van der Waals surface area contributed by atoms with Crippen LogP contribution in [-0.4, -0.2) is 65.4 Å². The SMILES string of the molecule is CCC(O)c1cc(NCc2cccc(-c3nccn3C)c2)n2nc(C)c(-c3ccc(C)c(C(=O)N(C)CCO)c3)c2n1. The molecule has 3 heterocycles. The lowest BCUT2D eigenvalue weighted by Gasteiger charge is -2.18. The maximum atomic E-state index is 13.1. The fourth-order valence-electron chi connectivity index (χ4n) is 5.11. The smallest absolute Gasteiger partial charge is 0.253 e. The van der Waals surface area contributed by atoms with Crippen molar-refractivity contribution >= 4 is 17.4 Å². The molecule has 42 heavy (non-hydrogen) atoms. The molecule has 0 saturated carbocycles. The molecular formula is C32H37N7O3. The number of carbonyl (C=O) groups is 1. The summed E-state index contributed by atoms with van der Waals surface area (Å²) >= 11 is 0. The van der Waals surface area contributed by atoms with Crippen molar-refractivity contribution in [3.05, 3.63) is 89.0 Å². The van der Waals surface area contributed by atoms with Crippen LogP contribution >= 0.6 is 0 Å². The van der Waals surface area contributed by atoms with Crippen molar-refractivity contribution < 1.29 is 15.0 Å². The number of aryl methyl sites for hydroxylation is 3. The van der Waals surface area contributed by atoms with Gasteiger partial charge in [0.05, 0.1) is 24.1 Å². The number of aromatic nitrogens is 5. The van der Waals surface area contributed by atoms with E-state index in [-0.39, 0.29) is 19.1 Å². The molecule has 0 aliphatic heterocycles. The van der Waals surface area contributed by atoms with E-state index in [1.54, 1.807) is 17.8 Å². The van der Waals surface area contributed by atoms with Gasteiger partial charge >= 0.3 is 0 Å². The molecule has 0 aliphatic carbocycles. The fraction of sp³-hybridized carbons (Fsp3) is 0.312. The van der Waals surface area contributed by atoms with Crippen LogP contribution in [0.1, 0.15) is 52.3 Å². The molecule has 0 aliphatic rings. The summed E-state index contributed by atoms with van der Waals surface area (Å²) in [6, 6.07) is 15.8. The first-order valence-corrected chi connectivity index (χ1v) is 14.1. The van der Waals surface area contributed by atoms with Crippen molar-refractivity contribution in [3.63, 3.8) is 0 Å². The van der Waals surface area contributed by atoms with E-state index in [4.69, 9.17) is 10.1 Å². The van der Waals surface area contributed by atoms with E-state index < -0.39 is 6.10 Å². The van der Waals surface area contributed by atoms with Crippen molar-refractivity contribution in [1.29, 1.82) is 0 Å². The van der Waals surface area contributed by atoms with Crippen LogP contribution in [0.5, 0.6) is 0 Å². The Kier molecular flexibility index (Phi) is 8.37. The topological polar surface area (TPSA) is 121 Å². The van der Waals surface area contributed by atoms with Gasteiger partial charge in [-0.25, -0.2) is 9.97 Å². The Morgan fingerprint density at radius 1 is 1.12 bits per heavy atom. The van der Waals surface area contributed by atoms with E-state index in [1.807, 2.05) is 75.0 Å². The molecule has 1 atom stereocenters. The van der Waals surface area contributed by atoms with Crippen LogP contribution in [0.4, 0.5) is 5.82 Å². The molecule has 0 saturated heterocycles. The molecule has 0 bridgehead atoms. The average molecular weight is 568 g/mol. The number of nitrogens with zero attached hydrogens (tertiary/aromatic N) is 6. The minimum atomic E-state index is -0.743. The lowest BCUT2D eigenvalue weighted by Crippen LogP contribution is -2.30. The number of aliphatic hydroxyl groups excluding tert-OH is 2. The molecular weight excluding hydrogens is 530 g/mol. The van der Waals surface area contributed by atoms with Gasteiger partial charge < -0.3 is 25.0 Å². The van der Waals surface area contributed by atoms with Crippen molar-refractivity contribution in [2.24, 2.45) is 7.05 Å². The van der Waals surface area contributed by atoms with E-state index in [2.05, 4.69) is 22.4 Å². The maximum absolute atomic E-state index is 13.1. The number of anilines is 1. The molecule has 0 fully saturated rings. The number of benzene rings is 2. The van der Waals surface area contributed by atoms with Crippen molar-refractivity contribution in [1.82, 2.24) is 29.0 Å². The highest BCUT2D eigenvalue weighted by Gasteiger charge is 2.21. The summed E-state index contributed by atoms with van der Waals surface area (Å²) in [5, 5.41) is 28.5. The van der Waals surface area contributed by atoms with Crippen molar-refractivity contribution in [2.45, 2.75) is 39.8 Å². The van der Waals surface area contributed by atoms with E-state index in [1.165, 1.54) is 4.90 Å². The second-order valence-corrected chi connectivity index (χ2v) is 10.6. The number of likely N-dealkylation sites (N-methyl/N-ethyl adjacent to an activating group) is 1. The summed E-state index contributed by atoms with van der Waals surface area (Å²) in [4.78, 5) is 24.0. The van der Waals surface area contributed by atoms with Gasteiger partial charge in [-0.15, -0.1) is 0 Å². The normalized spacial score (nSPS) is 12.1. The second-order valence-electron chi connectivity index (χ2n) is 10.6. The lowest BCUT2D eigenvalue weighted by atomic mass is 9.99. The largest absolute Gasteiger partial charge is 0.395 e. The Morgan fingerprint density at radius 3 is 2.64 bits per heavy atom. The maximum Gasteiger partial charge on any atom is 0.253 e. The van der Waals surface area contributed by atoms with Gasteiger partial charge in [-0.2, -0.15) is 9.61 Å². The zero-order valence-electron chi connectivity index (χ0n) is 24.7. The monoisotopic (exact) mass is 567 g/mol. The van der Waals surface area contributed by atoms with Gasteiger partial charge in [0, 0.05) is 62.3 Å². The summed E-state index contributed by atoms with van der Waals surface area (Å²) < 4.78 is 3.75. The van der Waals surface area contributed by atoms with Gasteiger partial charge in [-0.1, -0.05) is 37.3 Å². The molecule has 10 nitrogen and oxygen atoms in total. The molecule has 5 aromatic rings. The van der Waals surface area contributed by atoms with Crippen LogP contribution in [0.3, 0.4) is 0 Å². The highest BCUT2D eigenvalue weighted by molar-refractivity contribution is 5.97. The number of fused-ring (bicyclic) bond motifs is 1. The molecule has 5 rings (SSSR count). The summed E-state index contributed by atoms with van der Waals surface area (Å²) in [5.41, 5.74) is 6.96. The fourth-order valence-corrected chi connectivity index (χ4v) is 5.11. The van der Waals surface area contributed by atoms with Gasteiger partial charge in [0.2, 0.25) is 0 Å². The van der Waals surface area contributed by atoms with Gasteiger partial charge in [-0.3, -0.25) is 4.79 Å². The van der Waals surface area contributed by atoms with Gasteiger partial charge in [0.1, 0.15) is 11.6 Å². The van der Waals surface area contributed by atoms with Gasteiger partial charge in [0.15, 0.2) is 5.65 Å². The summed E-state index contributed by atoms with van der Waals surface area (Å²) in [6.45, 7) is 6.38. The Labute approximate surface area is 245 Å². The quantitative estimate of drug-likeness (QED) is 0.227. The van der Waals surface area contributed by atoms with Crippen LogP contribution in [0.2, 0.25) is 0 Å². The number of aliphatic hydroxyl groups is 2. The van der Waals surface area contributed by atoms with E-state index in [9.17, 15) is 15.0 Å². The highest BCUT2D eigenvalue weighted by Crippen LogP contribution is 2.32. The number of carbonyl (C=O) groups excluding carboxylic acids is 1. The zero-order chi connectivity index (χ0) is 30.0. The third-order valence-corrected chi connectivity index (χ3v) is 7.53. The Balaban J connectivity index is 1.55. The predicted octanol–water partition coefficient (Wildman–Crippen LogP) is 4.53. The highest BCUT2D eigenvalue weighted by atomic mass is 16.3. The second kappa shape index (κ2) is 12.1. The minimum absolute atomic E-state index is 0.107. The first kappa shape index (κ1) is 29.0. The van der Waals surface area contributed by atoms with Crippen LogP contribution in [0, 0.1) is 13.8 Å². The third kappa shape index (κ3) is 5.63. The minimum Gasteiger partial charge on any atom is -0.395 e. The summed E-state index contributed by atoms with van der Waals surface area (Å²) in [6.07, 6.45) is 3.48. The van der Waals surface area contributed by atoms with Gasteiger partial charge in [-0.05, 0) is 49.1 Å². The molecule has 0 spiro atoms. The van der Waals surface area contributed by atoms with Crippen molar-refractivity contribution in [2.75, 3.05) is 25.5 Å².